The van der Waals surface area contributed by atoms with E-state index >= 15 is 0 Å². The minimum Gasteiger partial charge on any atom is -0.289 e. The Morgan fingerprint density at radius 2 is 1.73 bits per heavy atom. The third kappa shape index (κ3) is 2.45. The molecule has 0 amide bonds. The fourth-order valence-electron chi connectivity index (χ4n) is 2.41. The van der Waals surface area contributed by atoms with Gasteiger partial charge in [0, 0.05) is 11.1 Å². The topological polar surface area (TPSA) is 75.0 Å². The van der Waals surface area contributed by atoms with Gasteiger partial charge in [-0.3, -0.25) is 4.79 Å². The molecule has 22 heavy (non-hydrogen) atoms. The maximum Gasteiger partial charge on any atom is 0.191 e. The summed E-state index contributed by atoms with van der Waals surface area (Å²) in [7, 11) is -3.50. The van der Waals surface area contributed by atoms with Crippen LogP contribution in [0.4, 0.5) is 0 Å². The maximum atomic E-state index is 12.4. The number of ketones is 1. The van der Waals surface area contributed by atoms with Gasteiger partial charge in [-0.05, 0) is 35.9 Å². The van der Waals surface area contributed by atoms with E-state index < -0.39 is 9.84 Å². The van der Waals surface area contributed by atoms with E-state index in [0.717, 1.165) is 0 Å². The van der Waals surface area contributed by atoms with Gasteiger partial charge >= 0.3 is 0 Å². The van der Waals surface area contributed by atoms with Crippen LogP contribution < -0.4 is 0 Å². The van der Waals surface area contributed by atoms with E-state index in [-0.39, 0.29) is 27.6 Å². The molecule has 0 aliphatic carbocycles. The summed E-state index contributed by atoms with van der Waals surface area (Å²) in [6.45, 7) is 0. The summed E-state index contributed by atoms with van der Waals surface area (Å²) in [6, 6.07) is 14.9. The third-order valence-electron chi connectivity index (χ3n) is 3.48. The number of carbonyl (C=O) groups is 1. The number of sulfone groups is 1. The van der Waals surface area contributed by atoms with Crippen molar-refractivity contribution in [1.82, 2.24) is 0 Å². The van der Waals surface area contributed by atoms with Crippen molar-refractivity contribution in [3.8, 4) is 6.07 Å². The molecule has 0 N–H and O–H groups in total. The first-order valence-corrected chi connectivity index (χ1v) is 8.24. The highest BCUT2D eigenvalue weighted by molar-refractivity contribution is 7.91. The highest BCUT2D eigenvalue weighted by atomic mass is 32.2. The molecule has 1 aliphatic heterocycles. The van der Waals surface area contributed by atoms with E-state index in [4.69, 9.17) is 5.26 Å². The molecule has 5 heteroatoms. The van der Waals surface area contributed by atoms with Crippen LogP contribution in [0.25, 0.3) is 6.08 Å². The summed E-state index contributed by atoms with van der Waals surface area (Å²) >= 11 is 0. The second-order valence-corrected chi connectivity index (χ2v) is 6.95. The van der Waals surface area contributed by atoms with Crippen LogP contribution >= 0.6 is 0 Å². The average molecular weight is 309 g/mol. The number of hydrogen-bond donors (Lipinski definition) is 0. The molecular formula is C17H11NO3S. The molecule has 0 spiro atoms. The molecule has 0 saturated heterocycles. The molecule has 0 aromatic heterocycles. The Labute approximate surface area is 128 Å². The second-order valence-electron chi connectivity index (χ2n) is 4.99. The molecule has 1 heterocycles. The van der Waals surface area contributed by atoms with E-state index in [0.29, 0.717) is 11.1 Å². The van der Waals surface area contributed by atoms with Crippen molar-refractivity contribution in [2.75, 3.05) is 5.75 Å². The Kier molecular flexibility index (Phi) is 3.39. The molecule has 2 aromatic rings. The minimum atomic E-state index is -3.50. The van der Waals surface area contributed by atoms with Gasteiger partial charge in [0.05, 0.1) is 22.3 Å². The molecule has 0 atom stereocenters. The van der Waals surface area contributed by atoms with Crippen molar-refractivity contribution in [2.45, 2.75) is 4.90 Å². The largest absolute Gasteiger partial charge is 0.289 e. The van der Waals surface area contributed by atoms with Gasteiger partial charge < -0.3 is 0 Å². The molecule has 2 aromatic carbocycles. The first-order chi connectivity index (χ1) is 10.5. The van der Waals surface area contributed by atoms with E-state index in [9.17, 15) is 13.2 Å². The van der Waals surface area contributed by atoms with Crippen molar-refractivity contribution in [1.29, 1.82) is 5.26 Å². The molecule has 3 rings (SSSR count). The number of Topliss-reactive ketones (excluding diaryl/α,β-unsaturated/α-hetero) is 1. The molecule has 0 unspecified atom stereocenters. The second kappa shape index (κ2) is 5.24. The zero-order valence-corrected chi connectivity index (χ0v) is 12.3. The first kappa shape index (κ1) is 14.2. The fraction of sp³-hybridized carbons (Fsp3) is 0.0588. The Hall–Kier alpha value is -2.71. The molecular weight excluding hydrogens is 298 g/mol. The van der Waals surface area contributed by atoms with E-state index in [2.05, 4.69) is 0 Å². The van der Waals surface area contributed by atoms with Crippen molar-refractivity contribution in [2.24, 2.45) is 0 Å². The summed E-state index contributed by atoms with van der Waals surface area (Å²) < 4.78 is 24.6. The van der Waals surface area contributed by atoms with Gasteiger partial charge in [0.1, 0.15) is 0 Å². The van der Waals surface area contributed by atoms with Crippen molar-refractivity contribution in [3.05, 3.63) is 70.8 Å². The van der Waals surface area contributed by atoms with Crippen LogP contribution in [0.15, 0.2) is 59.0 Å². The number of rotatable bonds is 1. The number of benzene rings is 2. The van der Waals surface area contributed by atoms with Crippen molar-refractivity contribution < 1.29 is 13.2 Å². The summed E-state index contributed by atoms with van der Waals surface area (Å²) in [5.41, 5.74) is 1.66. The van der Waals surface area contributed by atoms with Crippen LogP contribution in [0, 0.1) is 11.3 Å². The Balaban J connectivity index is 2.08. The lowest BCUT2D eigenvalue weighted by molar-refractivity contribution is 0.103. The van der Waals surface area contributed by atoms with Crippen LogP contribution in [0.2, 0.25) is 0 Å². The average Bonchev–Trinajstić information content (AvgIpc) is 2.53. The van der Waals surface area contributed by atoms with Gasteiger partial charge in [0.2, 0.25) is 0 Å². The lowest BCUT2D eigenvalue weighted by Crippen LogP contribution is -2.24. The SMILES string of the molecule is N#Cc1ccc(/C=C2\CS(=O)(=O)c3ccccc3C2=O)cc1. The molecule has 0 radical (unpaired) electrons. The zero-order valence-electron chi connectivity index (χ0n) is 11.5. The Morgan fingerprint density at radius 1 is 1.05 bits per heavy atom. The third-order valence-corrected chi connectivity index (χ3v) is 5.20. The highest BCUT2D eigenvalue weighted by Gasteiger charge is 2.32. The first-order valence-electron chi connectivity index (χ1n) is 6.58. The van der Waals surface area contributed by atoms with E-state index in [1.165, 1.54) is 12.1 Å². The number of nitriles is 1. The van der Waals surface area contributed by atoms with Crippen LogP contribution in [-0.4, -0.2) is 20.0 Å². The minimum absolute atomic E-state index is 0.0944. The molecule has 1 aliphatic rings. The predicted octanol–water partition coefficient (Wildman–Crippen LogP) is 2.61. The molecule has 4 nitrogen and oxygen atoms in total. The fourth-order valence-corrected chi connectivity index (χ4v) is 3.97. The van der Waals surface area contributed by atoms with Gasteiger partial charge in [-0.2, -0.15) is 5.26 Å². The van der Waals surface area contributed by atoms with E-state index in [1.54, 1.807) is 42.5 Å². The van der Waals surface area contributed by atoms with Gasteiger partial charge in [0.15, 0.2) is 15.6 Å². The van der Waals surface area contributed by atoms with Crippen LogP contribution in [0.1, 0.15) is 21.5 Å². The monoisotopic (exact) mass is 309 g/mol. The highest BCUT2D eigenvalue weighted by Crippen LogP contribution is 2.28. The number of carbonyl (C=O) groups excluding carboxylic acids is 1. The quantitative estimate of drug-likeness (QED) is 0.759. The predicted molar refractivity (Wildman–Crippen MR) is 82.0 cm³/mol. The Bertz CT molecular complexity index is 933. The van der Waals surface area contributed by atoms with Crippen LogP contribution in [0.3, 0.4) is 0 Å². The lowest BCUT2D eigenvalue weighted by atomic mass is 10.0. The number of nitrogens with zero attached hydrogens (tertiary/aromatic N) is 1. The number of hydrogen-bond acceptors (Lipinski definition) is 4. The lowest BCUT2D eigenvalue weighted by Gasteiger charge is -2.17. The van der Waals surface area contributed by atoms with E-state index in [1.807, 2.05) is 6.07 Å². The Morgan fingerprint density at radius 3 is 2.41 bits per heavy atom. The normalized spacial score (nSPS) is 17.8. The summed E-state index contributed by atoms with van der Waals surface area (Å²) in [5, 5.41) is 8.77. The molecule has 108 valence electrons. The van der Waals surface area contributed by atoms with Gasteiger partial charge in [0.25, 0.3) is 0 Å². The van der Waals surface area contributed by atoms with Gasteiger partial charge in [-0.25, -0.2) is 8.42 Å². The standard InChI is InChI=1S/C17H11NO3S/c18-10-13-7-5-12(6-8-13)9-14-11-22(20,21)16-4-2-1-3-15(16)17(14)19/h1-9H,11H2/b14-9+. The maximum absolute atomic E-state index is 12.4. The van der Waals surface area contributed by atoms with Crippen molar-refractivity contribution in [3.63, 3.8) is 0 Å². The molecule has 0 fully saturated rings. The van der Waals surface area contributed by atoms with Crippen LogP contribution in [-0.2, 0) is 9.84 Å². The van der Waals surface area contributed by atoms with Crippen molar-refractivity contribution >= 4 is 21.7 Å². The summed E-state index contributed by atoms with van der Waals surface area (Å²) in [5.74, 6) is -0.571. The summed E-state index contributed by atoms with van der Waals surface area (Å²) in [6.07, 6.45) is 1.57. The van der Waals surface area contributed by atoms with Crippen LogP contribution in [0.5, 0.6) is 0 Å². The number of fused-ring (bicyclic) bond motifs is 1. The zero-order chi connectivity index (χ0) is 15.7. The van der Waals surface area contributed by atoms with Gasteiger partial charge in [-0.1, -0.05) is 24.3 Å². The van der Waals surface area contributed by atoms with Gasteiger partial charge in [-0.15, -0.1) is 0 Å². The summed E-state index contributed by atoms with van der Waals surface area (Å²) in [4.78, 5) is 12.5. The smallest absolute Gasteiger partial charge is 0.191 e. The molecule has 0 bridgehead atoms. The molecule has 0 saturated carbocycles.